The van der Waals surface area contributed by atoms with Crippen molar-refractivity contribution in [2.24, 2.45) is 0 Å². The summed E-state index contributed by atoms with van der Waals surface area (Å²) in [5, 5.41) is 10.3. The first-order valence-corrected chi connectivity index (χ1v) is 5.97. The van der Waals surface area contributed by atoms with Gasteiger partial charge in [-0.3, -0.25) is 0 Å². The van der Waals surface area contributed by atoms with Crippen molar-refractivity contribution in [3.05, 3.63) is 54.1 Å². The molecule has 2 aromatic rings. The summed E-state index contributed by atoms with van der Waals surface area (Å²) in [5.74, 6) is 0.0522. The Kier molecular flexibility index (Phi) is 3.59. The molecule has 0 spiro atoms. The zero-order chi connectivity index (χ0) is 12.3. The van der Waals surface area contributed by atoms with E-state index in [1.807, 2.05) is 48.0 Å². The normalized spacial score (nSPS) is 14.5. The SMILES string of the molecule is CCn1cnc(C(O)C(C)c2ccccc2)c1. The highest BCUT2D eigenvalue weighted by Gasteiger charge is 2.19. The molecule has 0 bridgehead atoms. The van der Waals surface area contributed by atoms with Crippen molar-refractivity contribution in [1.29, 1.82) is 0 Å². The van der Waals surface area contributed by atoms with E-state index in [0.29, 0.717) is 0 Å². The van der Waals surface area contributed by atoms with Crippen LogP contribution in [0.15, 0.2) is 42.9 Å². The lowest BCUT2D eigenvalue weighted by atomic mass is 9.94. The van der Waals surface area contributed by atoms with E-state index in [9.17, 15) is 5.11 Å². The quantitative estimate of drug-likeness (QED) is 0.877. The second-order valence-electron chi connectivity index (χ2n) is 4.27. The summed E-state index contributed by atoms with van der Waals surface area (Å²) in [5.41, 5.74) is 1.87. The molecule has 0 fully saturated rings. The lowest BCUT2D eigenvalue weighted by molar-refractivity contribution is 0.147. The number of hydrogen-bond acceptors (Lipinski definition) is 2. The topological polar surface area (TPSA) is 38.0 Å². The van der Waals surface area contributed by atoms with Crippen molar-refractivity contribution in [1.82, 2.24) is 9.55 Å². The molecule has 0 aliphatic heterocycles. The number of imidazole rings is 1. The van der Waals surface area contributed by atoms with E-state index < -0.39 is 6.10 Å². The molecule has 1 aromatic carbocycles. The van der Waals surface area contributed by atoms with Gasteiger partial charge in [-0.25, -0.2) is 4.98 Å². The van der Waals surface area contributed by atoms with Crippen LogP contribution in [-0.2, 0) is 6.54 Å². The Bertz CT molecular complexity index is 464. The summed E-state index contributed by atoms with van der Waals surface area (Å²) >= 11 is 0. The molecule has 3 nitrogen and oxygen atoms in total. The zero-order valence-electron chi connectivity index (χ0n) is 10.2. The monoisotopic (exact) mass is 230 g/mol. The molecule has 0 saturated carbocycles. The van der Waals surface area contributed by atoms with Gasteiger partial charge in [0.2, 0.25) is 0 Å². The Morgan fingerprint density at radius 2 is 2.00 bits per heavy atom. The molecule has 0 saturated heterocycles. The fourth-order valence-corrected chi connectivity index (χ4v) is 1.90. The van der Waals surface area contributed by atoms with Crippen LogP contribution in [0, 0.1) is 0 Å². The average Bonchev–Trinajstić information content (AvgIpc) is 2.87. The van der Waals surface area contributed by atoms with Crippen LogP contribution in [0.4, 0.5) is 0 Å². The molecular weight excluding hydrogens is 212 g/mol. The maximum atomic E-state index is 10.3. The van der Waals surface area contributed by atoms with Gasteiger partial charge in [-0.2, -0.15) is 0 Å². The number of aromatic nitrogens is 2. The largest absolute Gasteiger partial charge is 0.386 e. The lowest BCUT2D eigenvalue weighted by Crippen LogP contribution is -2.08. The predicted molar refractivity (Wildman–Crippen MR) is 67.7 cm³/mol. The minimum atomic E-state index is -0.551. The molecule has 90 valence electrons. The second kappa shape index (κ2) is 5.15. The Morgan fingerprint density at radius 3 is 2.59 bits per heavy atom. The number of rotatable bonds is 4. The Balaban J connectivity index is 2.17. The van der Waals surface area contributed by atoms with Crippen LogP contribution >= 0.6 is 0 Å². The van der Waals surface area contributed by atoms with Crippen molar-refractivity contribution in [3.8, 4) is 0 Å². The van der Waals surface area contributed by atoms with Gasteiger partial charge >= 0.3 is 0 Å². The maximum Gasteiger partial charge on any atom is 0.104 e. The number of aliphatic hydroxyl groups excluding tert-OH is 1. The summed E-state index contributed by atoms with van der Waals surface area (Å²) < 4.78 is 1.97. The second-order valence-corrected chi connectivity index (χ2v) is 4.27. The van der Waals surface area contributed by atoms with E-state index in [2.05, 4.69) is 11.9 Å². The molecule has 0 radical (unpaired) electrons. The van der Waals surface area contributed by atoms with Crippen molar-refractivity contribution in [2.75, 3.05) is 0 Å². The van der Waals surface area contributed by atoms with Gasteiger partial charge in [0.05, 0.1) is 12.0 Å². The van der Waals surface area contributed by atoms with Crippen molar-refractivity contribution >= 4 is 0 Å². The van der Waals surface area contributed by atoms with Crippen LogP contribution in [0.25, 0.3) is 0 Å². The van der Waals surface area contributed by atoms with E-state index in [-0.39, 0.29) is 5.92 Å². The van der Waals surface area contributed by atoms with Crippen LogP contribution in [-0.4, -0.2) is 14.7 Å². The van der Waals surface area contributed by atoms with Crippen LogP contribution in [0.2, 0.25) is 0 Å². The molecule has 17 heavy (non-hydrogen) atoms. The molecule has 1 aromatic heterocycles. The molecule has 0 aliphatic rings. The van der Waals surface area contributed by atoms with Crippen LogP contribution in [0.1, 0.15) is 37.1 Å². The minimum absolute atomic E-state index is 0.0522. The molecular formula is C14H18N2O. The first kappa shape index (κ1) is 11.9. The van der Waals surface area contributed by atoms with E-state index in [1.54, 1.807) is 6.33 Å². The number of benzene rings is 1. The van der Waals surface area contributed by atoms with Crippen molar-refractivity contribution < 1.29 is 5.11 Å². The average molecular weight is 230 g/mol. The molecule has 1 N–H and O–H groups in total. The third-order valence-corrected chi connectivity index (χ3v) is 3.12. The van der Waals surface area contributed by atoms with Gasteiger partial charge in [0.25, 0.3) is 0 Å². The summed E-state index contributed by atoms with van der Waals surface area (Å²) in [6, 6.07) is 10.0. The summed E-state index contributed by atoms with van der Waals surface area (Å²) in [7, 11) is 0. The number of aryl methyl sites for hydroxylation is 1. The van der Waals surface area contributed by atoms with Crippen molar-refractivity contribution in [2.45, 2.75) is 32.4 Å². The molecule has 2 atom stereocenters. The first-order valence-electron chi connectivity index (χ1n) is 5.97. The third-order valence-electron chi connectivity index (χ3n) is 3.12. The number of nitrogens with zero attached hydrogens (tertiary/aromatic N) is 2. The van der Waals surface area contributed by atoms with Gasteiger partial charge in [0.15, 0.2) is 0 Å². The summed E-state index contributed by atoms with van der Waals surface area (Å²) in [4.78, 5) is 4.25. The van der Waals surface area contributed by atoms with Gasteiger partial charge in [-0.1, -0.05) is 37.3 Å². The first-order chi connectivity index (χ1) is 8.22. The van der Waals surface area contributed by atoms with Gasteiger partial charge in [0.1, 0.15) is 6.10 Å². The molecule has 2 rings (SSSR count). The van der Waals surface area contributed by atoms with E-state index >= 15 is 0 Å². The van der Waals surface area contributed by atoms with Crippen LogP contribution < -0.4 is 0 Å². The molecule has 0 amide bonds. The fourth-order valence-electron chi connectivity index (χ4n) is 1.90. The standard InChI is InChI=1S/C14H18N2O/c1-3-16-9-13(15-10-16)14(17)11(2)12-7-5-4-6-8-12/h4-11,14,17H,3H2,1-2H3. The maximum absolute atomic E-state index is 10.3. The summed E-state index contributed by atoms with van der Waals surface area (Å²) in [6.45, 7) is 4.95. The Hall–Kier alpha value is -1.61. The summed E-state index contributed by atoms with van der Waals surface area (Å²) in [6.07, 6.45) is 3.12. The van der Waals surface area contributed by atoms with E-state index in [4.69, 9.17) is 0 Å². The molecule has 1 heterocycles. The number of aliphatic hydroxyl groups is 1. The Labute approximate surface area is 102 Å². The zero-order valence-corrected chi connectivity index (χ0v) is 10.2. The Morgan fingerprint density at radius 1 is 1.29 bits per heavy atom. The third kappa shape index (κ3) is 2.56. The van der Waals surface area contributed by atoms with Gasteiger partial charge in [-0.15, -0.1) is 0 Å². The molecule has 2 unspecified atom stereocenters. The highest BCUT2D eigenvalue weighted by Crippen LogP contribution is 2.29. The molecule has 0 aliphatic carbocycles. The minimum Gasteiger partial charge on any atom is -0.386 e. The number of hydrogen-bond donors (Lipinski definition) is 1. The highest BCUT2D eigenvalue weighted by molar-refractivity contribution is 5.22. The van der Waals surface area contributed by atoms with Gasteiger partial charge in [-0.05, 0) is 12.5 Å². The van der Waals surface area contributed by atoms with Gasteiger partial charge in [0, 0.05) is 18.7 Å². The predicted octanol–water partition coefficient (Wildman–Crippen LogP) is 2.74. The van der Waals surface area contributed by atoms with Crippen molar-refractivity contribution in [3.63, 3.8) is 0 Å². The highest BCUT2D eigenvalue weighted by atomic mass is 16.3. The van der Waals surface area contributed by atoms with Crippen LogP contribution in [0.5, 0.6) is 0 Å². The lowest BCUT2D eigenvalue weighted by Gasteiger charge is -2.17. The fraction of sp³-hybridized carbons (Fsp3) is 0.357. The van der Waals surface area contributed by atoms with E-state index in [0.717, 1.165) is 17.8 Å². The van der Waals surface area contributed by atoms with Gasteiger partial charge < -0.3 is 9.67 Å². The van der Waals surface area contributed by atoms with Crippen LogP contribution in [0.3, 0.4) is 0 Å². The van der Waals surface area contributed by atoms with E-state index in [1.165, 1.54) is 0 Å². The molecule has 3 heteroatoms. The smallest absolute Gasteiger partial charge is 0.104 e.